The van der Waals surface area contributed by atoms with E-state index >= 15 is 0 Å². The first-order chi connectivity index (χ1) is 21.8. The number of hydrogen-bond donors (Lipinski definition) is 2. The van der Waals surface area contributed by atoms with Gasteiger partial charge in [-0.05, 0) is 36.5 Å². The van der Waals surface area contributed by atoms with Gasteiger partial charge in [-0.25, -0.2) is 24.1 Å². The normalized spacial score (nSPS) is 15.8. The third-order valence-electron chi connectivity index (χ3n) is 8.55. The summed E-state index contributed by atoms with van der Waals surface area (Å²) in [5, 5.41) is 12.2. The van der Waals surface area contributed by atoms with E-state index in [9.17, 15) is 18.4 Å². The standard InChI is InChI=1S/C32H32F2N8O3/c1-39-29-25(13-23-24(37-29)9-11-41(31(23)43)16-22(14-33)36-32(44)45)38-30(39)26-12-21-5-2-4-20(28(21)42(26)15-19-7-8-19)6-3-10-40-17-27(34)35-18-40/h2-6,12-13,17-19,22,36H,7-11,14-16H2,1H3,(H,44,45)/b6-3+. The number of alkyl halides is 1. The molecule has 0 radical (unpaired) electrons. The third kappa shape index (κ3) is 5.54. The zero-order chi connectivity index (χ0) is 31.2. The summed E-state index contributed by atoms with van der Waals surface area (Å²) in [7, 11) is 1.93. The highest BCUT2D eigenvalue weighted by Crippen LogP contribution is 2.38. The quantitative estimate of drug-likeness (QED) is 0.236. The molecule has 2 aliphatic rings. The van der Waals surface area contributed by atoms with Gasteiger partial charge in [-0.15, -0.1) is 0 Å². The largest absolute Gasteiger partial charge is 0.465 e. The van der Waals surface area contributed by atoms with E-state index in [0.29, 0.717) is 47.8 Å². The molecule has 5 aromatic rings. The van der Waals surface area contributed by atoms with Crippen LogP contribution in [0, 0.1) is 11.9 Å². The first kappa shape index (κ1) is 28.7. The second-order valence-corrected chi connectivity index (χ2v) is 11.8. The summed E-state index contributed by atoms with van der Waals surface area (Å²) in [5.41, 5.74) is 5.36. The number of nitrogens with zero attached hydrogens (tertiary/aromatic N) is 7. The Kier molecular flexibility index (Phi) is 7.30. The van der Waals surface area contributed by atoms with Gasteiger partial charge in [0, 0.05) is 45.0 Å². The van der Waals surface area contributed by atoms with Crippen molar-refractivity contribution in [1.29, 1.82) is 0 Å². The first-order valence-corrected chi connectivity index (χ1v) is 15.0. The Morgan fingerprint density at radius 3 is 2.82 bits per heavy atom. The van der Waals surface area contributed by atoms with Crippen LogP contribution in [0.3, 0.4) is 0 Å². The Bertz CT molecular complexity index is 1970. The van der Waals surface area contributed by atoms with Crippen LogP contribution in [0.2, 0.25) is 0 Å². The van der Waals surface area contributed by atoms with Gasteiger partial charge in [-0.3, -0.25) is 4.79 Å². The molecule has 1 aliphatic carbocycles. The monoisotopic (exact) mass is 614 g/mol. The maximum atomic E-state index is 13.5. The van der Waals surface area contributed by atoms with Gasteiger partial charge in [-0.1, -0.05) is 30.4 Å². The molecule has 13 heteroatoms. The predicted octanol–water partition coefficient (Wildman–Crippen LogP) is 4.65. The van der Waals surface area contributed by atoms with Crippen molar-refractivity contribution >= 4 is 40.1 Å². The molecular weight excluding hydrogens is 582 g/mol. The fraction of sp³-hybridized carbons (Fsp3) is 0.344. The van der Waals surface area contributed by atoms with E-state index in [0.717, 1.165) is 34.5 Å². The molecule has 1 atom stereocenters. The maximum absolute atomic E-state index is 13.5. The lowest BCUT2D eigenvalue weighted by molar-refractivity contribution is 0.0712. The van der Waals surface area contributed by atoms with Crippen LogP contribution in [-0.4, -0.2) is 76.5 Å². The summed E-state index contributed by atoms with van der Waals surface area (Å²) >= 11 is 0. The van der Waals surface area contributed by atoms with Crippen LogP contribution < -0.4 is 5.32 Å². The predicted molar refractivity (Wildman–Crippen MR) is 164 cm³/mol. The number of hydrogen-bond acceptors (Lipinski definition) is 5. The van der Waals surface area contributed by atoms with Crippen molar-refractivity contribution in [2.75, 3.05) is 19.8 Å². The van der Waals surface area contributed by atoms with E-state index in [4.69, 9.17) is 15.1 Å². The Labute approximate surface area is 256 Å². The molecule has 45 heavy (non-hydrogen) atoms. The number of amides is 2. The zero-order valence-corrected chi connectivity index (χ0v) is 24.7. The molecule has 232 valence electrons. The SMILES string of the molecule is Cn1c(-c2cc3cccc(/C=C/Cn4cnc(F)c4)c3n2CC2CC2)nc2cc3c(nc21)CCN(CC(CF)NC(=O)O)C3=O. The Balaban J connectivity index is 1.25. The number of carbonyl (C=O) groups is 2. The van der Waals surface area contributed by atoms with Gasteiger partial charge in [0.15, 0.2) is 11.5 Å². The van der Waals surface area contributed by atoms with Crippen molar-refractivity contribution in [3.05, 3.63) is 71.7 Å². The summed E-state index contributed by atoms with van der Waals surface area (Å²) in [5.74, 6) is 0.485. The van der Waals surface area contributed by atoms with Crippen LogP contribution in [0.5, 0.6) is 0 Å². The van der Waals surface area contributed by atoms with Gasteiger partial charge >= 0.3 is 6.09 Å². The number of fused-ring (bicyclic) bond motifs is 3. The fourth-order valence-corrected chi connectivity index (χ4v) is 6.17. The minimum Gasteiger partial charge on any atom is -0.465 e. The summed E-state index contributed by atoms with van der Waals surface area (Å²) in [4.78, 5) is 39.4. The molecule has 2 N–H and O–H groups in total. The molecule has 0 bridgehead atoms. The number of benzene rings is 1. The van der Waals surface area contributed by atoms with E-state index in [1.807, 2.05) is 23.8 Å². The van der Waals surface area contributed by atoms with Crippen molar-refractivity contribution in [3.63, 3.8) is 0 Å². The fourth-order valence-electron chi connectivity index (χ4n) is 6.17. The smallest absolute Gasteiger partial charge is 0.405 e. The number of para-hydroxylation sites is 1. The van der Waals surface area contributed by atoms with Crippen molar-refractivity contribution in [2.24, 2.45) is 13.0 Å². The number of pyridine rings is 1. The van der Waals surface area contributed by atoms with Crippen LogP contribution in [0.25, 0.3) is 39.7 Å². The lowest BCUT2D eigenvalue weighted by Gasteiger charge is -2.30. The second-order valence-electron chi connectivity index (χ2n) is 11.8. The highest BCUT2D eigenvalue weighted by Gasteiger charge is 2.30. The number of halogens is 2. The van der Waals surface area contributed by atoms with E-state index in [1.165, 1.54) is 30.3 Å². The Hall–Kier alpha value is -5.07. The highest BCUT2D eigenvalue weighted by atomic mass is 19.1. The summed E-state index contributed by atoms with van der Waals surface area (Å²) < 4.78 is 32.8. The zero-order valence-electron chi connectivity index (χ0n) is 24.7. The topological polar surface area (TPSA) is 123 Å². The van der Waals surface area contributed by atoms with Gasteiger partial charge < -0.3 is 29.0 Å². The van der Waals surface area contributed by atoms with Crippen LogP contribution >= 0.6 is 0 Å². The number of imidazole rings is 2. The number of aromatic nitrogens is 6. The number of nitrogens with one attached hydrogen (secondary N) is 1. The molecule has 0 spiro atoms. The van der Waals surface area contributed by atoms with E-state index < -0.39 is 24.8 Å². The molecule has 1 unspecified atom stereocenters. The van der Waals surface area contributed by atoms with Crippen molar-refractivity contribution in [1.82, 2.24) is 38.9 Å². The molecule has 1 saturated carbocycles. The van der Waals surface area contributed by atoms with Gasteiger partial charge in [0.1, 0.15) is 12.2 Å². The average Bonchev–Trinajstić information content (AvgIpc) is 3.50. The van der Waals surface area contributed by atoms with Crippen LogP contribution in [0.4, 0.5) is 13.6 Å². The molecule has 1 aromatic carbocycles. The van der Waals surface area contributed by atoms with Crippen LogP contribution in [0.1, 0.15) is 34.5 Å². The minimum atomic E-state index is -1.33. The second kappa shape index (κ2) is 11.5. The third-order valence-corrected chi connectivity index (χ3v) is 8.55. The van der Waals surface area contributed by atoms with Crippen molar-refractivity contribution in [3.8, 4) is 11.5 Å². The van der Waals surface area contributed by atoms with Crippen molar-refractivity contribution < 1.29 is 23.5 Å². The van der Waals surface area contributed by atoms with Crippen LogP contribution in [0.15, 0.2) is 48.9 Å². The molecule has 1 fully saturated rings. The van der Waals surface area contributed by atoms with E-state index in [-0.39, 0.29) is 12.5 Å². The Morgan fingerprint density at radius 2 is 2.09 bits per heavy atom. The molecule has 4 aromatic heterocycles. The number of allylic oxidation sites excluding steroid dienone is 1. The molecule has 0 saturated heterocycles. The molecular formula is C32H32F2N8O3. The van der Waals surface area contributed by atoms with E-state index in [1.54, 1.807) is 10.6 Å². The molecule has 5 heterocycles. The highest BCUT2D eigenvalue weighted by molar-refractivity contribution is 5.99. The maximum Gasteiger partial charge on any atom is 0.405 e. The number of carbonyl (C=O) groups excluding carboxylic acids is 1. The number of rotatable bonds is 10. The minimum absolute atomic E-state index is 0.0656. The van der Waals surface area contributed by atoms with Crippen molar-refractivity contribution in [2.45, 2.75) is 38.4 Å². The molecule has 1 aliphatic heterocycles. The summed E-state index contributed by atoms with van der Waals surface area (Å²) in [6.07, 6.45) is 8.34. The van der Waals surface area contributed by atoms with Gasteiger partial charge in [0.05, 0.1) is 41.0 Å². The average molecular weight is 615 g/mol. The van der Waals surface area contributed by atoms with Gasteiger partial charge in [-0.2, -0.15) is 4.39 Å². The van der Waals surface area contributed by atoms with E-state index in [2.05, 4.69) is 39.1 Å². The van der Waals surface area contributed by atoms with Gasteiger partial charge in [0.2, 0.25) is 5.95 Å². The lowest BCUT2D eigenvalue weighted by Crippen LogP contribution is -2.48. The Morgan fingerprint density at radius 1 is 1.24 bits per heavy atom. The molecule has 11 nitrogen and oxygen atoms in total. The van der Waals surface area contributed by atoms with Gasteiger partial charge in [0.25, 0.3) is 5.91 Å². The summed E-state index contributed by atoms with van der Waals surface area (Å²) in [6.45, 7) is 0.668. The molecule has 7 rings (SSSR count). The number of aryl methyl sites for hydroxylation is 1. The molecule has 2 amide bonds. The van der Waals surface area contributed by atoms with Crippen LogP contribution in [-0.2, 0) is 26.6 Å². The number of carboxylic acid groups (broad SMARTS) is 1. The summed E-state index contributed by atoms with van der Waals surface area (Å²) in [6, 6.07) is 9.05. The first-order valence-electron chi connectivity index (χ1n) is 15.0. The lowest BCUT2D eigenvalue weighted by atomic mass is 10.0.